The highest BCUT2D eigenvalue weighted by Crippen LogP contribution is 2.40. The van der Waals surface area contributed by atoms with Crippen LogP contribution in [0.5, 0.6) is 0 Å². The van der Waals surface area contributed by atoms with E-state index in [4.69, 9.17) is 34.8 Å². The van der Waals surface area contributed by atoms with Gasteiger partial charge in [-0.2, -0.15) is 0 Å². The van der Waals surface area contributed by atoms with Crippen LogP contribution in [0, 0.1) is 12.7 Å². The number of hydrogen-bond acceptors (Lipinski definition) is 1. The molecule has 128 valence electrons. The van der Waals surface area contributed by atoms with Crippen molar-refractivity contribution in [3.8, 4) is 0 Å². The quantitative estimate of drug-likeness (QED) is 0.754. The molecule has 1 aliphatic heterocycles. The predicted octanol–water partition coefficient (Wildman–Crippen LogP) is 2.09. The first-order valence-electron chi connectivity index (χ1n) is 7.38. The molecule has 2 rings (SSSR count). The Balaban J connectivity index is 2.16. The summed E-state index contributed by atoms with van der Waals surface area (Å²) in [6.07, 6.45) is 0. The van der Waals surface area contributed by atoms with E-state index in [1.165, 1.54) is 11.0 Å². The number of quaternary nitrogens is 1. The number of halogens is 4. The number of rotatable bonds is 2. The van der Waals surface area contributed by atoms with E-state index in [-0.39, 0.29) is 6.03 Å². The molecule has 1 fully saturated rings. The lowest BCUT2D eigenvalue weighted by Crippen LogP contribution is -3.12. The van der Waals surface area contributed by atoms with Gasteiger partial charge in [-0.05, 0) is 24.1 Å². The molecule has 1 atom stereocenters. The van der Waals surface area contributed by atoms with Gasteiger partial charge in [0.25, 0.3) is 0 Å². The van der Waals surface area contributed by atoms with Gasteiger partial charge in [0.2, 0.25) is 3.79 Å². The Hall–Kier alpha value is -0.750. The lowest BCUT2D eigenvalue weighted by molar-refractivity contribution is -0.883. The molecule has 0 aliphatic carbocycles. The second-order valence-corrected chi connectivity index (χ2v) is 8.25. The molecule has 1 aliphatic rings. The third-order valence-corrected chi connectivity index (χ3v) is 4.68. The van der Waals surface area contributed by atoms with Gasteiger partial charge in [-0.15, -0.1) is 0 Å². The van der Waals surface area contributed by atoms with Crippen LogP contribution in [0.2, 0.25) is 0 Å². The van der Waals surface area contributed by atoms with E-state index in [1.807, 2.05) is 0 Å². The van der Waals surface area contributed by atoms with Crippen LogP contribution >= 0.6 is 34.8 Å². The molecule has 1 aromatic rings. The average molecular weight is 384 g/mol. The molecule has 4 nitrogen and oxygen atoms in total. The van der Waals surface area contributed by atoms with Crippen molar-refractivity contribution in [2.75, 3.05) is 33.2 Å². The minimum absolute atomic E-state index is 0.310. The van der Waals surface area contributed by atoms with Crippen molar-refractivity contribution in [2.45, 2.75) is 16.8 Å². The van der Waals surface area contributed by atoms with Crippen molar-refractivity contribution < 1.29 is 14.1 Å². The van der Waals surface area contributed by atoms with Gasteiger partial charge in [0.05, 0.1) is 33.2 Å². The first-order valence-corrected chi connectivity index (χ1v) is 8.51. The SMILES string of the molecule is Cc1ccc([C@H](NC(=O)N2CC[NH+](C)CC2)C(Cl)(Cl)Cl)cc1F. The third-order valence-electron chi connectivity index (χ3n) is 4.03. The highest BCUT2D eigenvalue weighted by Gasteiger charge is 2.37. The van der Waals surface area contributed by atoms with Crippen LogP contribution in [-0.2, 0) is 0 Å². The van der Waals surface area contributed by atoms with Gasteiger partial charge in [-0.3, -0.25) is 0 Å². The maximum Gasteiger partial charge on any atom is 0.318 e. The van der Waals surface area contributed by atoms with E-state index in [0.29, 0.717) is 24.2 Å². The Bertz CT molecular complexity index is 572. The zero-order chi connectivity index (χ0) is 17.2. The molecule has 23 heavy (non-hydrogen) atoms. The van der Waals surface area contributed by atoms with E-state index < -0.39 is 15.7 Å². The molecule has 2 amide bonds. The molecule has 2 N–H and O–H groups in total. The summed E-state index contributed by atoms with van der Waals surface area (Å²) in [6, 6.07) is 3.30. The van der Waals surface area contributed by atoms with Crippen molar-refractivity contribution in [1.82, 2.24) is 10.2 Å². The van der Waals surface area contributed by atoms with Crippen molar-refractivity contribution in [1.29, 1.82) is 0 Å². The standard InChI is InChI=1S/C15H19Cl3FN3O/c1-10-3-4-11(9-12(10)19)13(15(16,17)18)20-14(23)22-7-5-21(2)6-8-22/h3-4,9,13H,5-8H2,1-2H3,(H,20,23)/p+1/t13-/m0/s1. The van der Waals surface area contributed by atoms with Crippen molar-refractivity contribution in [2.24, 2.45) is 0 Å². The zero-order valence-electron chi connectivity index (χ0n) is 13.0. The molecule has 1 heterocycles. The fourth-order valence-electron chi connectivity index (χ4n) is 2.45. The molecule has 0 aromatic heterocycles. The number of piperazine rings is 1. The van der Waals surface area contributed by atoms with Gasteiger partial charge < -0.3 is 15.1 Å². The summed E-state index contributed by atoms with van der Waals surface area (Å²) in [6.45, 7) is 4.64. The summed E-state index contributed by atoms with van der Waals surface area (Å²) >= 11 is 18.0. The monoisotopic (exact) mass is 382 g/mol. The number of carbonyl (C=O) groups is 1. The number of alkyl halides is 3. The molecular weight excluding hydrogens is 364 g/mol. The van der Waals surface area contributed by atoms with Crippen molar-refractivity contribution in [3.05, 3.63) is 35.1 Å². The topological polar surface area (TPSA) is 36.8 Å². The van der Waals surface area contributed by atoms with Crippen molar-refractivity contribution in [3.63, 3.8) is 0 Å². The molecule has 0 unspecified atom stereocenters. The lowest BCUT2D eigenvalue weighted by atomic mass is 10.1. The lowest BCUT2D eigenvalue weighted by Gasteiger charge is -2.33. The van der Waals surface area contributed by atoms with Gasteiger partial charge >= 0.3 is 6.03 Å². The summed E-state index contributed by atoms with van der Waals surface area (Å²) in [5, 5.41) is 2.72. The minimum atomic E-state index is -1.78. The number of urea groups is 1. The van der Waals surface area contributed by atoms with Crippen LogP contribution in [0.4, 0.5) is 9.18 Å². The Labute approximate surface area is 150 Å². The number of carbonyl (C=O) groups excluding carboxylic acids is 1. The van der Waals surface area contributed by atoms with E-state index in [2.05, 4.69) is 12.4 Å². The number of nitrogens with zero attached hydrogens (tertiary/aromatic N) is 1. The Morgan fingerprint density at radius 3 is 2.48 bits per heavy atom. The number of likely N-dealkylation sites (N-methyl/N-ethyl adjacent to an activating group) is 1. The molecule has 8 heteroatoms. The van der Waals surface area contributed by atoms with E-state index in [0.717, 1.165) is 13.1 Å². The summed E-state index contributed by atoms with van der Waals surface area (Å²) in [4.78, 5) is 15.5. The first-order chi connectivity index (χ1) is 10.7. The summed E-state index contributed by atoms with van der Waals surface area (Å²) in [5.74, 6) is -0.404. The van der Waals surface area contributed by atoms with Gasteiger partial charge in [-0.1, -0.05) is 46.9 Å². The summed E-state index contributed by atoms with van der Waals surface area (Å²) < 4.78 is 12.0. The largest absolute Gasteiger partial charge is 0.334 e. The Morgan fingerprint density at radius 2 is 1.96 bits per heavy atom. The van der Waals surface area contributed by atoms with E-state index >= 15 is 0 Å². The first kappa shape index (κ1) is 18.6. The second kappa shape index (κ2) is 7.43. The van der Waals surface area contributed by atoms with Crippen molar-refractivity contribution >= 4 is 40.8 Å². The summed E-state index contributed by atoms with van der Waals surface area (Å²) in [7, 11) is 2.08. The Kier molecular flexibility index (Phi) is 6.00. The minimum Gasteiger partial charge on any atom is -0.334 e. The number of nitrogens with one attached hydrogen (secondary N) is 2. The van der Waals surface area contributed by atoms with Gasteiger partial charge in [0.15, 0.2) is 0 Å². The zero-order valence-corrected chi connectivity index (χ0v) is 15.3. The summed E-state index contributed by atoms with van der Waals surface area (Å²) in [5.41, 5.74) is 0.909. The van der Waals surface area contributed by atoms with E-state index in [1.54, 1.807) is 24.0 Å². The maximum atomic E-state index is 13.8. The fourth-order valence-corrected chi connectivity index (χ4v) is 2.99. The normalized spacial score (nSPS) is 17.9. The number of benzene rings is 1. The number of amides is 2. The van der Waals surface area contributed by atoms with Crippen LogP contribution in [-0.4, -0.2) is 48.0 Å². The third kappa shape index (κ3) is 4.86. The Morgan fingerprint density at radius 1 is 1.35 bits per heavy atom. The molecule has 0 spiro atoms. The molecule has 1 aromatic carbocycles. The highest BCUT2D eigenvalue weighted by atomic mass is 35.6. The highest BCUT2D eigenvalue weighted by molar-refractivity contribution is 6.68. The smallest absolute Gasteiger partial charge is 0.318 e. The van der Waals surface area contributed by atoms with Crippen LogP contribution in [0.1, 0.15) is 17.2 Å². The molecular formula is C15H20Cl3FN3O+. The number of aryl methyl sites for hydroxylation is 1. The second-order valence-electron chi connectivity index (χ2n) is 5.88. The molecule has 1 saturated heterocycles. The van der Waals surface area contributed by atoms with Crippen LogP contribution in [0.25, 0.3) is 0 Å². The molecule has 0 radical (unpaired) electrons. The van der Waals surface area contributed by atoms with E-state index in [9.17, 15) is 9.18 Å². The average Bonchev–Trinajstić information content (AvgIpc) is 2.47. The number of hydrogen-bond donors (Lipinski definition) is 2. The predicted molar refractivity (Wildman–Crippen MR) is 90.9 cm³/mol. The van der Waals surface area contributed by atoms with Gasteiger partial charge in [0, 0.05) is 0 Å². The van der Waals surface area contributed by atoms with Gasteiger partial charge in [0.1, 0.15) is 11.9 Å². The maximum absolute atomic E-state index is 13.8. The van der Waals surface area contributed by atoms with Crippen LogP contribution < -0.4 is 10.2 Å². The molecule has 0 bridgehead atoms. The van der Waals surface area contributed by atoms with Crippen LogP contribution in [0.3, 0.4) is 0 Å². The van der Waals surface area contributed by atoms with Gasteiger partial charge in [-0.25, -0.2) is 9.18 Å². The molecule has 0 saturated carbocycles. The fraction of sp³-hybridized carbons (Fsp3) is 0.533. The van der Waals surface area contributed by atoms with Crippen LogP contribution in [0.15, 0.2) is 18.2 Å².